The van der Waals surface area contributed by atoms with Gasteiger partial charge in [-0.1, -0.05) is 30.4 Å². The summed E-state index contributed by atoms with van der Waals surface area (Å²) in [5, 5.41) is 5.24. The van der Waals surface area contributed by atoms with Crippen molar-refractivity contribution in [3.8, 4) is 0 Å². The topological polar surface area (TPSA) is 102 Å². The molecular weight excluding hydrogens is 459 g/mol. The van der Waals surface area contributed by atoms with Crippen molar-refractivity contribution < 1.29 is 23.5 Å². The molecule has 1 saturated heterocycles. The Kier molecular flexibility index (Phi) is 7.94. The number of nitrogens with zero attached hydrogens (tertiary/aromatic N) is 2. The van der Waals surface area contributed by atoms with Crippen LogP contribution in [0.4, 0.5) is 15.2 Å². The first-order valence-corrected chi connectivity index (χ1v) is 11.8. The van der Waals surface area contributed by atoms with E-state index in [0.29, 0.717) is 36.4 Å². The van der Waals surface area contributed by atoms with Crippen LogP contribution in [0.2, 0.25) is 0 Å². The summed E-state index contributed by atoms with van der Waals surface area (Å²) in [6.07, 6.45) is 4.99. The molecule has 4 rings (SSSR count). The van der Waals surface area contributed by atoms with Crippen LogP contribution < -0.4 is 10.6 Å². The Labute approximate surface area is 200 Å². The SMILES string of the molecule is CCC(O[C@@H]1CCOC1)C(C(=O)Nc1ncc(F)s1)c1ccc(NC(=O)c2cccnc2)cc1. The third-order valence-corrected chi connectivity index (χ3v) is 6.17. The van der Waals surface area contributed by atoms with Crippen molar-refractivity contribution in [2.75, 3.05) is 23.8 Å². The minimum Gasteiger partial charge on any atom is -0.379 e. The van der Waals surface area contributed by atoms with Gasteiger partial charge in [0, 0.05) is 24.7 Å². The van der Waals surface area contributed by atoms with E-state index in [-0.39, 0.29) is 23.0 Å². The molecule has 0 aliphatic carbocycles. The summed E-state index contributed by atoms with van der Waals surface area (Å²) in [7, 11) is 0. The van der Waals surface area contributed by atoms with Crippen molar-refractivity contribution in [1.29, 1.82) is 0 Å². The minimum absolute atomic E-state index is 0.0874. The maximum absolute atomic E-state index is 13.4. The van der Waals surface area contributed by atoms with E-state index in [4.69, 9.17) is 9.47 Å². The predicted molar refractivity (Wildman–Crippen MR) is 126 cm³/mol. The van der Waals surface area contributed by atoms with E-state index in [1.54, 1.807) is 42.6 Å². The second kappa shape index (κ2) is 11.3. The molecule has 2 aromatic heterocycles. The summed E-state index contributed by atoms with van der Waals surface area (Å²) in [6.45, 7) is 3.07. The van der Waals surface area contributed by atoms with Crippen LogP contribution in [-0.2, 0) is 14.3 Å². The molecule has 2 unspecified atom stereocenters. The zero-order valence-electron chi connectivity index (χ0n) is 18.6. The number of halogens is 1. The molecular formula is C24H25FN4O4S. The molecule has 1 aliphatic rings. The Balaban J connectivity index is 1.54. The van der Waals surface area contributed by atoms with Crippen molar-refractivity contribution in [3.63, 3.8) is 0 Å². The lowest BCUT2D eigenvalue weighted by atomic mass is 9.90. The van der Waals surface area contributed by atoms with Gasteiger partial charge < -0.3 is 20.1 Å². The average Bonchev–Trinajstić information content (AvgIpc) is 3.51. The van der Waals surface area contributed by atoms with E-state index < -0.39 is 17.2 Å². The first kappa shape index (κ1) is 23.9. The van der Waals surface area contributed by atoms with Crippen molar-refractivity contribution in [2.45, 2.75) is 37.9 Å². The Morgan fingerprint density at radius 1 is 1.24 bits per heavy atom. The number of nitrogens with one attached hydrogen (secondary N) is 2. The van der Waals surface area contributed by atoms with Gasteiger partial charge in [-0.2, -0.15) is 4.39 Å². The zero-order valence-corrected chi connectivity index (χ0v) is 19.4. The second-order valence-electron chi connectivity index (χ2n) is 7.82. The van der Waals surface area contributed by atoms with Gasteiger partial charge in [-0.05, 0) is 42.7 Å². The van der Waals surface area contributed by atoms with Gasteiger partial charge in [-0.15, -0.1) is 0 Å². The summed E-state index contributed by atoms with van der Waals surface area (Å²) in [5.74, 6) is -1.29. The number of ether oxygens (including phenoxy) is 2. The van der Waals surface area contributed by atoms with Gasteiger partial charge in [0.25, 0.3) is 5.91 Å². The summed E-state index contributed by atoms with van der Waals surface area (Å²) in [5.41, 5.74) is 1.73. The molecule has 0 spiro atoms. The van der Waals surface area contributed by atoms with E-state index in [1.165, 1.54) is 6.20 Å². The number of carbonyl (C=O) groups is 2. The van der Waals surface area contributed by atoms with Crippen LogP contribution in [-0.4, -0.2) is 47.2 Å². The van der Waals surface area contributed by atoms with Crippen molar-refractivity contribution in [2.24, 2.45) is 0 Å². The predicted octanol–water partition coefficient (Wildman–Crippen LogP) is 4.24. The Morgan fingerprint density at radius 2 is 2.06 bits per heavy atom. The number of thiazole rings is 1. The number of rotatable bonds is 9. The number of pyridine rings is 1. The van der Waals surface area contributed by atoms with Crippen molar-refractivity contribution in [1.82, 2.24) is 9.97 Å². The maximum Gasteiger partial charge on any atom is 0.257 e. The summed E-state index contributed by atoms with van der Waals surface area (Å²) >= 11 is 0.765. The molecule has 3 atom stereocenters. The van der Waals surface area contributed by atoms with Crippen LogP contribution in [0.15, 0.2) is 55.0 Å². The second-order valence-corrected chi connectivity index (χ2v) is 8.80. The van der Waals surface area contributed by atoms with Gasteiger partial charge in [-0.3, -0.25) is 14.6 Å². The highest BCUT2D eigenvalue weighted by Gasteiger charge is 2.33. The maximum atomic E-state index is 13.4. The van der Waals surface area contributed by atoms with Gasteiger partial charge in [0.2, 0.25) is 5.91 Å². The lowest BCUT2D eigenvalue weighted by Gasteiger charge is -2.28. The van der Waals surface area contributed by atoms with E-state index in [1.807, 2.05) is 6.92 Å². The number of amides is 2. The van der Waals surface area contributed by atoms with Gasteiger partial charge in [-0.25, -0.2) is 4.98 Å². The van der Waals surface area contributed by atoms with Crippen LogP contribution in [0.1, 0.15) is 41.6 Å². The number of carbonyl (C=O) groups excluding carboxylic acids is 2. The summed E-state index contributed by atoms with van der Waals surface area (Å²) in [6, 6.07) is 10.4. The minimum atomic E-state index is -0.666. The fourth-order valence-electron chi connectivity index (χ4n) is 3.78. The highest BCUT2D eigenvalue weighted by atomic mass is 32.1. The first-order chi connectivity index (χ1) is 16.5. The molecule has 0 saturated carbocycles. The molecule has 2 N–H and O–H groups in total. The molecule has 3 aromatic rings. The summed E-state index contributed by atoms with van der Waals surface area (Å²) in [4.78, 5) is 33.5. The fourth-order valence-corrected chi connectivity index (χ4v) is 4.33. The third kappa shape index (κ3) is 6.02. The lowest BCUT2D eigenvalue weighted by Crippen LogP contribution is -2.35. The van der Waals surface area contributed by atoms with E-state index in [0.717, 1.165) is 24.0 Å². The van der Waals surface area contributed by atoms with Gasteiger partial charge in [0.05, 0.1) is 36.5 Å². The molecule has 2 amide bonds. The van der Waals surface area contributed by atoms with E-state index in [9.17, 15) is 14.0 Å². The largest absolute Gasteiger partial charge is 0.379 e. The molecule has 10 heteroatoms. The highest BCUT2D eigenvalue weighted by Crippen LogP contribution is 2.30. The molecule has 34 heavy (non-hydrogen) atoms. The molecule has 1 fully saturated rings. The van der Waals surface area contributed by atoms with Gasteiger partial charge in [0.15, 0.2) is 10.3 Å². The fraction of sp³-hybridized carbons (Fsp3) is 0.333. The molecule has 8 nitrogen and oxygen atoms in total. The number of benzene rings is 1. The average molecular weight is 485 g/mol. The van der Waals surface area contributed by atoms with Crippen LogP contribution in [0.5, 0.6) is 0 Å². The van der Waals surface area contributed by atoms with Crippen molar-refractivity contribution >= 4 is 34.0 Å². The zero-order chi connectivity index (χ0) is 23.9. The first-order valence-electron chi connectivity index (χ1n) is 11.0. The Bertz CT molecular complexity index is 1100. The molecule has 0 bridgehead atoms. The van der Waals surface area contributed by atoms with Crippen LogP contribution in [0.3, 0.4) is 0 Å². The Morgan fingerprint density at radius 3 is 2.68 bits per heavy atom. The van der Waals surface area contributed by atoms with E-state index >= 15 is 0 Å². The molecule has 1 aliphatic heterocycles. The number of anilines is 2. The van der Waals surface area contributed by atoms with Crippen molar-refractivity contribution in [3.05, 3.63) is 71.2 Å². The lowest BCUT2D eigenvalue weighted by molar-refractivity contribution is -0.123. The summed E-state index contributed by atoms with van der Waals surface area (Å²) < 4.78 is 25.1. The number of hydrogen-bond donors (Lipinski definition) is 2. The number of hydrogen-bond acceptors (Lipinski definition) is 7. The van der Waals surface area contributed by atoms with Gasteiger partial charge >= 0.3 is 0 Å². The Hall–Kier alpha value is -3.21. The highest BCUT2D eigenvalue weighted by molar-refractivity contribution is 7.14. The van der Waals surface area contributed by atoms with Crippen LogP contribution >= 0.6 is 11.3 Å². The third-order valence-electron chi connectivity index (χ3n) is 5.47. The van der Waals surface area contributed by atoms with Crippen LogP contribution in [0.25, 0.3) is 0 Å². The smallest absolute Gasteiger partial charge is 0.257 e. The van der Waals surface area contributed by atoms with Gasteiger partial charge in [0.1, 0.15) is 0 Å². The molecule has 1 aromatic carbocycles. The number of aromatic nitrogens is 2. The normalized spacial score (nSPS) is 17.2. The standard InChI is InChI=1S/C24H25FN4O4S/c1-2-19(33-18-9-11-32-14-18)21(23(31)29-24-27-13-20(25)34-24)15-5-7-17(8-6-15)28-22(30)16-4-3-10-26-12-16/h3-8,10,12-13,18-19,21H,2,9,11,14H2,1H3,(H,28,30)(H,27,29,31)/t18-,19?,21?/m1/s1. The molecule has 3 heterocycles. The van der Waals surface area contributed by atoms with Crippen LogP contribution in [0, 0.1) is 5.13 Å². The molecule has 0 radical (unpaired) electrons. The van der Waals surface area contributed by atoms with E-state index in [2.05, 4.69) is 20.6 Å². The molecule has 178 valence electrons. The monoisotopic (exact) mass is 484 g/mol. The quantitative estimate of drug-likeness (QED) is 0.471.